The SMILES string of the molecule is CCCCCCCC[C@H]1CCC[C@@H]1CCCCCC=C(O)Cl. The number of aliphatic hydroxyl groups excluding tert-OH is 1. The Morgan fingerprint density at radius 2 is 1.45 bits per heavy atom. The number of unbranched alkanes of at least 4 members (excludes halogenated alkanes) is 8. The predicted molar refractivity (Wildman–Crippen MR) is 98.5 cm³/mol. The van der Waals surface area contributed by atoms with Crippen LogP contribution in [0.2, 0.25) is 0 Å². The molecule has 0 saturated heterocycles. The van der Waals surface area contributed by atoms with E-state index in [0.29, 0.717) is 0 Å². The summed E-state index contributed by atoms with van der Waals surface area (Å²) in [6, 6.07) is 0. The van der Waals surface area contributed by atoms with Crippen molar-refractivity contribution in [1.82, 2.24) is 0 Å². The van der Waals surface area contributed by atoms with Gasteiger partial charge in [-0.05, 0) is 42.4 Å². The van der Waals surface area contributed by atoms with Crippen LogP contribution in [0.3, 0.4) is 0 Å². The molecule has 1 saturated carbocycles. The fourth-order valence-electron chi connectivity index (χ4n) is 4.01. The first-order valence-corrected chi connectivity index (χ1v) is 10.2. The molecule has 1 aliphatic carbocycles. The number of hydrogen-bond donors (Lipinski definition) is 1. The van der Waals surface area contributed by atoms with E-state index in [-0.39, 0.29) is 5.22 Å². The Morgan fingerprint density at radius 3 is 2.05 bits per heavy atom. The number of rotatable bonds is 13. The average Bonchev–Trinajstić information content (AvgIpc) is 2.93. The van der Waals surface area contributed by atoms with Gasteiger partial charge >= 0.3 is 0 Å². The number of aliphatic hydroxyl groups is 1. The van der Waals surface area contributed by atoms with Gasteiger partial charge in [0, 0.05) is 0 Å². The zero-order valence-electron chi connectivity index (χ0n) is 14.7. The Hall–Kier alpha value is -0.170. The van der Waals surface area contributed by atoms with Gasteiger partial charge in [-0.3, -0.25) is 0 Å². The third kappa shape index (κ3) is 9.77. The molecule has 22 heavy (non-hydrogen) atoms. The van der Waals surface area contributed by atoms with Crippen LogP contribution < -0.4 is 0 Å². The van der Waals surface area contributed by atoms with Gasteiger partial charge in [0.25, 0.3) is 0 Å². The molecule has 0 aliphatic heterocycles. The lowest BCUT2D eigenvalue weighted by molar-refractivity contribution is 0.323. The number of allylic oxidation sites excluding steroid dienone is 1. The van der Waals surface area contributed by atoms with Crippen molar-refractivity contribution in [3.8, 4) is 0 Å². The number of halogens is 1. The maximum absolute atomic E-state index is 8.89. The van der Waals surface area contributed by atoms with E-state index in [1.165, 1.54) is 83.5 Å². The van der Waals surface area contributed by atoms with Crippen LogP contribution in [0, 0.1) is 11.8 Å². The molecule has 0 amide bonds. The molecule has 2 atom stereocenters. The Morgan fingerprint density at radius 1 is 0.909 bits per heavy atom. The van der Waals surface area contributed by atoms with Gasteiger partial charge in [-0.1, -0.05) is 90.4 Å². The summed E-state index contributed by atoms with van der Waals surface area (Å²) in [5.41, 5.74) is 0. The van der Waals surface area contributed by atoms with E-state index in [0.717, 1.165) is 24.7 Å². The highest BCUT2D eigenvalue weighted by atomic mass is 35.5. The van der Waals surface area contributed by atoms with Gasteiger partial charge in [-0.25, -0.2) is 0 Å². The van der Waals surface area contributed by atoms with Gasteiger partial charge < -0.3 is 5.11 Å². The first-order valence-electron chi connectivity index (χ1n) is 9.78. The van der Waals surface area contributed by atoms with Crippen molar-refractivity contribution in [2.24, 2.45) is 11.8 Å². The zero-order chi connectivity index (χ0) is 16.0. The van der Waals surface area contributed by atoms with Crippen molar-refractivity contribution in [2.75, 3.05) is 0 Å². The van der Waals surface area contributed by atoms with Crippen molar-refractivity contribution in [3.05, 3.63) is 11.3 Å². The van der Waals surface area contributed by atoms with E-state index in [2.05, 4.69) is 6.92 Å². The van der Waals surface area contributed by atoms with Crippen molar-refractivity contribution >= 4 is 11.6 Å². The van der Waals surface area contributed by atoms with Gasteiger partial charge in [0.1, 0.15) is 0 Å². The molecule has 0 radical (unpaired) electrons. The molecule has 0 spiro atoms. The van der Waals surface area contributed by atoms with Crippen LogP contribution in [-0.2, 0) is 0 Å². The zero-order valence-corrected chi connectivity index (χ0v) is 15.4. The molecule has 0 bridgehead atoms. The third-order valence-corrected chi connectivity index (χ3v) is 5.49. The maximum atomic E-state index is 8.89. The second-order valence-electron chi connectivity index (χ2n) is 7.17. The lowest BCUT2D eigenvalue weighted by Crippen LogP contribution is -2.08. The van der Waals surface area contributed by atoms with E-state index in [1.807, 2.05) is 0 Å². The molecule has 1 nitrogen and oxygen atoms in total. The van der Waals surface area contributed by atoms with Gasteiger partial charge in [0.05, 0.1) is 0 Å². The second kappa shape index (κ2) is 13.3. The minimum atomic E-state index is -0.0465. The van der Waals surface area contributed by atoms with Crippen LogP contribution in [0.15, 0.2) is 11.3 Å². The summed E-state index contributed by atoms with van der Waals surface area (Å²) >= 11 is 5.42. The fourth-order valence-corrected chi connectivity index (χ4v) is 4.12. The summed E-state index contributed by atoms with van der Waals surface area (Å²) in [4.78, 5) is 0. The number of hydrogen-bond acceptors (Lipinski definition) is 1. The fraction of sp³-hybridized carbons (Fsp3) is 0.900. The monoisotopic (exact) mass is 328 g/mol. The maximum Gasteiger partial charge on any atom is 0.180 e. The largest absolute Gasteiger partial charge is 0.499 e. The first-order chi connectivity index (χ1) is 10.7. The van der Waals surface area contributed by atoms with Crippen molar-refractivity contribution in [1.29, 1.82) is 0 Å². The van der Waals surface area contributed by atoms with Gasteiger partial charge in [0.15, 0.2) is 5.22 Å². The summed E-state index contributed by atoms with van der Waals surface area (Å²) in [5, 5.41) is 8.85. The molecule has 1 aliphatic rings. The molecular formula is C20H37ClO. The predicted octanol–water partition coefficient (Wildman–Crippen LogP) is 7.74. The van der Waals surface area contributed by atoms with Crippen LogP contribution in [-0.4, -0.2) is 5.11 Å². The Bertz CT molecular complexity index is 283. The molecule has 0 aromatic heterocycles. The van der Waals surface area contributed by atoms with Crippen LogP contribution in [0.5, 0.6) is 0 Å². The smallest absolute Gasteiger partial charge is 0.180 e. The van der Waals surface area contributed by atoms with E-state index < -0.39 is 0 Å². The molecule has 0 aromatic carbocycles. The Labute approximate surface area is 143 Å². The molecule has 130 valence electrons. The van der Waals surface area contributed by atoms with Crippen LogP contribution in [0.1, 0.15) is 103 Å². The van der Waals surface area contributed by atoms with Gasteiger partial charge in [0.2, 0.25) is 0 Å². The van der Waals surface area contributed by atoms with Crippen LogP contribution in [0.25, 0.3) is 0 Å². The summed E-state index contributed by atoms with van der Waals surface area (Å²) in [6.45, 7) is 2.29. The molecular weight excluding hydrogens is 292 g/mol. The normalized spacial score (nSPS) is 22.4. The minimum absolute atomic E-state index is 0.0465. The highest BCUT2D eigenvalue weighted by molar-refractivity contribution is 6.27. The summed E-state index contributed by atoms with van der Waals surface area (Å²) in [7, 11) is 0. The first kappa shape index (κ1) is 19.9. The molecule has 0 aromatic rings. The quantitative estimate of drug-likeness (QED) is 0.271. The second-order valence-corrected chi connectivity index (χ2v) is 7.56. The lowest BCUT2D eigenvalue weighted by Gasteiger charge is -2.19. The van der Waals surface area contributed by atoms with Crippen LogP contribution in [0.4, 0.5) is 0 Å². The molecule has 1 fully saturated rings. The minimum Gasteiger partial charge on any atom is -0.499 e. The van der Waals surface area contributed by atoms with Gasteiger partial charge in [-0.15, -0.1) is 0 Å². The summed E-state index contributed by atoms with van der Waals surface area (Å²) < 4.78 is 0. The summed E-state index contributed by atoms with van der Waals surface area (Å²) in [5.74, 6) is 2.03. The summed E-state index contributed by atoms with van der Waals surface area (Å²) in [6.07, 6.45) is 22.4. The molecule has 2 heteroatoms. The van der Waals surface area contributed by atoms with E-state index in [4.69, 9.17) is 16.7 Å². The van der Waals surface area contributed by atoms with E-state index >= 15 is 0 Å². The van der Waals surface area contributed by atoms with Crippen molar-refractivity contribution < 1.29 is 5.11 Å². The molecule has 0 unspecified atom stereocenters. The molecule has 1 N–H and O–H groups in total. The Kier molecular flexibility index (Phi) is 12.0. The Balaban J connectivity index is 2.01. The lowest BCUT2D eigenvalue weighted by atomic mass is 9.87. The van der Waals surface area contributed by atoms with Crippen LogP contribution >= 0.6 is 11.6 Å². The van der Waals surface area contributed by atoms with Crippen molar-refractivity contribution in [3.63, 3.8) is 0 Å². The highest BCUT2D eigenvalue weighted by Crippen LogP contribution is 2.38. The van der Waals surface area contributed by atoms with E-state index in [9.17, 15) is 0 Å². The average molecular weight is 329 g/mol. The van der Waals surface area contributed by atoms with E-state index in [1.54, 1.807) is 6.08 Å². The molecule has 0 heterocycles. The topological polar surface area (TPSA) is 20.2 Å². The third-order valence-electron chi connectivity index (χ3n) is 5.34. The highest BCUT2D eigenvalue weighted by Gasteiger charge is 2.25. The van der Waals surface area contributed by atoms with Gasteiger partial charge in [-0.2, -0.15) is 0 Å². The standard InChI is InChI=1S/C20H37ClO/c1-2-3-4-5-6-9-13-18-15-12-16-19(18)14-10-7-8-11-17-20(21)22/h17-19,22H,2-16H2,1H3/t18-,19-/m0/s1. The molecule has 1 rings (SSSR count). The van der Waals surface area contributed by atoms with Crippen molar-refractivity contribution in [2.45, 2.75) is 103 Å².